The lowest BCUT2D eigenvalue weighted by molar-refractivity contribution is 0.780. The lowest BCUT2D eigenvalue weighted by atomic mass is 10.2. The molecule has 2 aromatic heterocycles. The number of rotatable bonds is 4. The number of thioether (sulfide) groups is 1. The molecule has 7 heteroatoms. The van der Waals surface area contributed by atoms with Crippen molar-refractivity contribution in [2.24, 2.45) is 0 Å². The van der Waals surface area contributed by atoms with E-state index < -0.39 is 0 Å². The van der Waals surface area contributed by atoms with Gasteiger partial charge < -0.3 is 4.98 Å². The Kier molecular flexibility index (Phi) is 3.98. The Morgan fingerprint density at radius 1 is 1.09 bits per heavy atom. The summed E-state index contributed by atoms with van der Waals surface area (Å²) < 4.78 is 0. The second-order valence-corrected chi connectivity index (χ2v) is 6.69. The zero-order chi connectivity index (χ0) is 15.7. The van der Waals surface area contributed by atoms with E-state index in [9.17, 15) is 4.79 Å². The van der Waals surface area contributed by atoms with Gasteiger partial charge in [-0.05, 0) is 19.1 Å². The van der Waals surface area contributed by atoms with Crippen LogP contribution in [0.3, 0.4) is 0 Å². The average Bonchev–Trinajstić information content (AvgIpc) is 2.96. The number of H-pyrrole nitrogens is 2. The summed E-state index contributed by atoms with van der Waals surface area (Å²) in [7, 11) is 0. The summed E-state index contributed by atoms with van der Waals surface area (Å²) in [6, 6.07) is 7.32. The van der Waals surface area contributed by atoms with Crippen LogP contribution in [-0.4, -0.2) is 25.1 Å². The minimum Gasteiger partial charge on any atom is -0.309 e. The van der Waals surface area contributed by atoms with Crippen LogP contribution >= 0.6 is 11.8 Å². The Balaban J connectivity index is 1.88. The average molecular weight is 315 g/mol. The van der Waals surface area contributed by atoms with Gasteiger partial charge in [-0.2, -0.15) is 0 Å². The molecule has 0 radical (unpaired) electrons. The smallest absolute Gasteiger partial charge is 0.258 e. The van der Waals surface area contributed by atoms with Crippen LogP contribution in [0, 0.1) is 0 Å². The number of nitrogens with zero attached hydrogens (tertiary/aromatic N) is 3. The first-order valence-electron chi connectivity index (χ1n) is 7.12. The van der Waals surface area contributed by atoms with E-state index in [0.717, 1.165) is 5.82 Å². The van der Waals surface area contributed by atoms with Crippen molar-refractivity contribution < 1.29 is 0 Å². The molecule has 2 heterocycles. The molecule has 0 amide bonds. The first-order valence-corrected chi connectivity index (χ1v) is 8.00. The molecule has 0 saturated carbocycles. The number of benzene rings is 1. The van der Waals surface area contributed by atoms with Crippen molar-refractivity contribution in [2.45, 2.75) is 37.1 Å². The molecule has 3 aromatic rings. The van der Waals surface area contributed by atoms with Crippen molar-refractivity contribution in [2.75, 3.05) is 0 Å². The summed E-state index contributed by atoms with van der Waals surface area (Å²) in [5.41, 5.74) is 0.581. The molecule has 1 aromatic carbocycles. The highest BCUT2D eigenvalue weighted by atomic mass is 32.2. The standard InChI is InChI=1S/C15H17N5OS/c1-8(2)12-18-15(20-19-12)22-9(3)13-16-11-7-5-4-6-10(11)14(21)17-13/h4-9H,1-3H3,(H,16,17,21)(H,18,19,20)/t9-/m1/s1. The van der Waals surface area contributed by atoms with Gasteiger partial charge >= 0.3 is 0 Å². The second kappa shape index (κ2) is 5.92. The predicted molar refractivity (Wildman–Crippen MR) is 87.1 cm³/mol. The SMILES string of the molecule is CC(C)c1nc(S[C@H](C)c2nc3ccccc3c(=O)[nH]2)n[nH]1. The van der Waals surface area contributed by atoms with Crippen molar-refractivity contribution in [3.8, 4) is 0 Å². The predicted octanol–water partition coefficient (Wildman–Crippen LogP) is 3.02. The Morgan fingerprint density at radius 3 is 2.59 bits per heavy atom. The zero-order valence-electron chi connectivity index (χ0n) is 12.6. The van der Waals surface area contributed by atoms with E-state index in [4.69, 9.17) is 0 Å². The molecule has 0 saturated heterocycles. The van der Waals surface area contributed by atoms with Crippen LogP contribution in [0.1, 0.15) is 43.6 Å². The fourth-order valence-corrected chi connectivity index (χ4v) is 2.87. The lowest BCUT2D eigenvalue weighted by Gasteiger charge is -2.08. The number of aromatic amines is 2. The maximum atomic E-state index is 12.1. The second-order valence-electron chi connectivity index (χ2n) is 5.39. The van der Waals surface area contributed by atoms with Crippen LogP contribution in [0.25, 0.3) is 10.9 Å². The van der Waals surface area contributed by atoms with Gasteiger partial charge in [0.05, 0.1) is 16.2 Å². The fourth-order valence-electron chi connectivity index (χ4n) is 2.08. The van der Waals surface area contributed by atoms with E-state index in [-0.39, 0.29) is 10.8 Å². The Labute approximate surface area is 131 Å². The molecule has 2 N–H and O–H groups in total. The third kappa shape index (κ3) is 2.89. The number of hydrogen-bond donors (Lipinski definition) is 2. The molecule has 0 aliphatic heterocycles. The third-order valence-electron chi connectivity index (χ3n) is 3.33. The van der Waals surface area contributed by atoms with Crippen molar-refractivity contribution in [3.05, 3.63) is 46.3 Å². The molecule has 22 heavy (non-hydrogen) atoms. The van der Waals surface area contributed by atoms with Crippen molar-refractivity contribution in [3.63, 3.8) is 0 Å². The van der Waals surface area contributed by atoms with Gasteiger partial charge in [0.25, 0.3) is 5.56 Å². The molecule has 0 unspecified atom stereocenters. The highest BCUT2D eigenvalue weighted by molar-refractivity contribution is 7.99. The number of hydrogen-bond acceptors (Lipinski definition) is 5. The van der Waals surface area contributed by atoms with E-state index >= 15 is 0 Å². The summed E-state index contributed by atoms with van der Waals surface area (Å²) in [5, 5.41) is 8.34. The maximum Gasteiger partial charge on any atom is 0.258 e. The molecule has 0 fully saturated rings. The molecular weight excluding hydrogens is 298 g/mol. The summed E-state index contributed by atoms with van der Waals surface area (Å²) >= 11 is 1.47. The van der Waals surface area contributed by atoms with Crippen LogP contribution in [0.5, 0.6) is 0 Å². The third-order valence-corrected chi connectivity index (χ3v) is 4.30. The summed E-state index contributed by atoms with van der Waals surface area (Å²) in [6.45, 7) is 6.09. The molecule has 0 aliphatic carbocycles. The summed E-state index contributed by atoms with van der Waals surface area (Å²) in [6.07, 6.45) is 0. The van der Waals surface area contributed by atoms with Crippen LogP contribution in [0.2, 0.25) is 0 Å². The van der Waals surface area contributed by atoms with Crippen molar-refractivity contribution >= 4 is 22.7 Å². The molecule has 1 atom stereocenters. The Hall–Kier alpha value is -2.15. The summed E-state index contributed by atoms with van der Waals surface area (Å²) in [5.74, 6) is 1.79. The van der Waals surface area contributed by atoms with Crippen LogP contribution in [0.4, 0.5) is 0 Å². The minimum absolute atomic E-state index is 0.0480. The van der Waals surface area contributed by atoms with Crippen LogP contribution in [0.15, 0.2) is 34.2 Å². The molecule has 114 valence electrons. The Morgan fingerprint density at radius 2 is 1.86 bits per heavy atom. The highest BCUT2D eigenvalue weighted by Gasteiger charge is 2.15. The van der Waals surface area contributed by atoms with Gasteiger partial charge in [-0.15, -0.1) is 5.10 Å². The molecule has 0 bridgehead atoms. The molecule has 6 nitrogen and oxygen atoms in total. The quantitative estimate of drug-likeness (QED) is 0.723. The maximum absolute atomic E-state index is 12.1. The van der Waals surface area contributed by atoms with Gasteiger partial charge in [-0.25, -0.2) is 9.97 Å². The fraction of sp³-hybridized carbons (Fsp3) is 0.333. The van der Waals surface area contributed by atoms with Crippen molar-refractivity contribution in [1.29, 1.82) is 0 Å². The molecule has 3 rings (SSSR count). The van der Waals surface area contributed by atoms with Gasteiger partial charge in [-0.1, -0.05) is 37.7 Å². The van der Waals surface area contributed by atoms with Crippen molar-refractivity contribution in [1.82, 2.24) is 25.1 Å². The van der Waals surface area contributed by atoms with E-state index in [2.05, 4.69) is 39.0 Å². The number of nitrogens with one attached hydrogen (secondary N) is 2. The van der Waals surface area contributed by atoms with E-state index in [1.165, 1.54) is 11.8 Å². The van der Waals surface area contributed by atoms with E-state index in [1.807, 2.05) is 25.1 Å². The van der Waals surface area contributed by atoms with Gasteiger partial charge in [-0.3, -0.25) is 9.89 Å². The first-order chi connectivity index (χ1) is 10.5. The van der Waals surface area contributed by atoms with E-state index in [1.54, 1.807) is 6.07 Å². The molecule has 0 aliphatic rings. The lowest BCUT2D eigenvalue weighted by Crippen LogP contribution is -2.12. The minimum atomic E-state index is -0.120. The van der Waals surface area contributed by atoms with Crippen LogP contribution in [-0.2, 0) is 0 Å². The largest absolute Gasteiger partial charge is 0.309 e. The normalized spacial score (nSPS) is 12.9. The number of para-hydroxylation sites is 1. The summed E-state index contributed by atoms with van der Waals surface area (Å²) in [4.78, 5) is 23.9. The van der Waals surface area contributed by atoms with E-state index in [0.29, 0.717) is 27.8 Å². The topological polar surface area (TPSA) is 87.3 Å². The van der Waals surface area contributed by atoms with Crippen LogP contribution < -0.4 is 5.56 Å². The molecule has 0 spiro atoms. The zero-order valence-corrected chi connectivity index (χ0v) is 13.4. The highest BCUT2D eigenvalue weighted by Crippen LogP contribution is 2.31. The Bertz CT molecular complexity index is 854. The van der Waals surface area contributed by atoms with Gasteiger partial charge in [0, 0.05) is 5.92 Å². The first kappa shape index (κ1) is 14.8. The number of aromatic nitrogens is 5. The monoisotopic (exact) mass is 315 g/mol. The number of fused-ring (bicyclic) bond motifs is 1. The van der Waals surface area contributed by atoms with Gasteiger partial charge in [0.2, 0.25) is 5.16 Å². The van der Waals surface area contributed by atoms with Gasteiger partial charge in [0.15, 0.2) is 0 Å². The van der Waals surface area contributed by atoms with Gasteiger partial charge in [0.1, 0.15) is 11.6 Å². The molecular formula is C15H17N5OS.